The number of hydrogen-bond donors (Lipinski definition) is 2. The Morgan fingerprint density at radius 3 is 2.41 bits per heavy atom. The van der Waals surface area contributed by atoms with Gasteiger partial charge in [0.15, 0.2) is 0 Å². The second-order valence-corrected chi connectivity index (χ2v) is 8.81. The van der Waals surface area contributed by atoms with Crippen molar-refractivity contribution < 1.29 is 27.5 Å². The normalized spacial score (nSPS) is 17.7. The molecule has 0 unspecified atom stereocenters. The van der Waals surface area contributed by atoms with Crippen LogP contribution in [-0.4, -0.2) is 70.7 Å². The maximum atomic E-state index is 13.3. The van der Waals surface area contributed by atoms with E-state index in [9.17, 15) is 18.0 Å². The second-order valence-electron chi connectivity index (χ2n) is 6.98. The Bertz CT molecular complexity index is 832. The lowest BCUT2D eigenvalue weighted by Gasteiger charge is -2.35. The molecule has 1 atom stereocenters. The summed E-state index contributed by atoms with van der Waals surface area (Å²) in [5, 5.41) is 4.86. The van der Waals surface area contributed by atoms with Crippen LogP contribution >= 0.6 is 0 Å². The fraction of sp³-hybridized carbons (Fsp3) is 0.579. The van der Waals surface area contributed by atoms with E-state index >= 15 is 0 Å². The molecule has 0 saturated carbocycles. The molecule has 1 aliphatic rings. The van der Waals surface area contributed by atoms with Crippen LogP contribution in [0, 0.1) is 20.8 Å². The van der Waals surface area contributed by atoms with Gasteiger partial charge in [0.1, 0.15) is 6.23 Å². The third-order valence-corrected chi connectivity index (χ3v) is 6.76. The molecule has 10 heteroatoms. The van der Waals surface area contributed by atoms with E-state index < -0.39 is 28.1 Å². The SMILES string of the molecule is COCCNC(=O)C(=O)NC[C@@H]1OCCCN1S(=O)(=O)c1c(C)cc(C)cc1C. The van der Waals surface area contributed by atoms with Gasteiger partial charge in [-0.2, -0.15) is 4.31 Å². The van der Waals surface area contributed by atoms with Gasteiger partial charge in [0.2, 0.25) is 10.0 Å². The van der Waals surface area contributed by atoms with Crippen LogP contribution in [0.25, 0.3) is 0 Å². The lowest BCUT2D eigenvalue weighted by molar-refractivity contribution is -0.140. The molecule has 0 aliphatic carbocycles. The van der Waals surface area contributed by atoms with Gasteiger partial charge in [0, 0.05) is 20.2 Å². The van der Waals surface area contributed by atoms with Crippen LogP contribution in [0.15, 0.2) is 17.0 Å². The molecule has 0 radical (unpaired) electrons. The van der Waals surface area contributed by atoms with Crippen molar-refractivity contribution in [3.8, 4) is 0 Å². The minimum absolute atomic E-state index is 0.125. The molecule has 2 amide bonds. The monoisotopic (exact) mass is 427 g/mol. The number of nitrogens with one attached hydrogen (secondary N) is 2. The van der Waals surface area contributed by atoms with E-state index in [4.69, 9.17) is 9.47 Å². The maximum Gasteiger partial charge on any atom is 0.309 e. The first-order valence-electron chi connectivity index (χ1n) is 9.44. The van der Waals surface area contributed by atoms with Crippen LogP contribution < -0.4 is 10.6 Å². The fourth-order valence-electron chi connectivity index (χ4n) is 3.40. The summed E-state index contributed by atoms with van der Waals surface area (Å²) in [7, 11) is -2.35. The van der Waals surface area contributed by atoms with E-state index in [2.05, 4.69) is 10.6 Å². The molecular weight excluding hydrogens is 398 g/mol. The van der Waals surface area contributed by atoms with Gasteiger partial charge in [-0.05, 0) is 38.3 Å². The molecule has 0 spiro atoms. The largest absolute Gasteiger partial charge is 0.383 e. The summed E-state index contributed by atoms with van der Waals surface area (Å²) in [5.74, 6) is -1.66. The molecule has 1 saturated heterocycles. The molecule has 1 heterocycles. The first kappa shape index (κ1) is 23.3. The fourth-order valence-corrected chi connectivity index (χ4v) is 5.38. The highest BCUT2D eigenvalue weighted by Gasteiger charge is 2.36. The molecule has 29 heavy (non-hydrogen) atoms. The van der Waals surface area contributed by atoms with Gasteiger partial charge in [-0.3, -0.25) is 9.59 Å². The van der Waals surface area contributed by atoms with Gasteiger partial charge in [-0.15, -0.1) is 0 Å². The molecule has 1 aromatic rings. The first-order valence-corrected chi connectivity index (χ1v) is 10.9. The average Bonchev–Trinajstić information content (AvgIpc) is 2.65. The lowest BCUT2D eigenvalue weighted by atomic mass is 10.1. The standard InChI is InChI=1S/C19H29N3O6S/c1-13-10-14(2)17(15(3)11-13)29(25,26)22-7-5-8-28-16(22)12-21-19(24)18(23)20-6-9-27-4/h10-11,16H,5-9,12H2,1-4H3,(H,20,23)(H,21,24)/t16-/m0/s1. The van der Waals surface area contributed by atoms with Crippen molar-refractivity contribution in [1.29, 1.82) is 0 Å². The minimum Gasteiger partial charge on any atom is -0.383 e. The number of ether oxygens (including phenoxy) is 2. The van der Waals surface area contributed by atoms with Crippen molar-refractivity contribution in [3.63, 3.8) is 0 Å². The van der Waals surface area contributed by atoms with Crippen molar-refractivity contribution in [2.75, 3.05) is 40.0 Å². The van der Waals surface area contributed by atoms with E-state index in [0.717, 1.165) is 5.56 Å². The smallest absolute Gasteiger partial charge is 0.309 e. The van der Waals surface area contributed by atoms with Gasteiger partial charge in [0.25, 0.3) is 0 Å². The Labute approximate surface area is 171 Å². The number of carbonyl (C=O) groups is 2. The van der Waals surface area contributed by atoms with Gasteiger partial charge in [0.05, 0.1) is 24.7 Å². The van der Waals surface area contributed by atoms with Gasteiger partial charge in [-0.25, -0.2) is 8.42 Å². The van der Waals surface area contributed by atoms with Crippen molar-refractivity contribution in [3.05, 3.63) is 28.8 Å². The number of hydrogen-bond acceptors (Lipinski definition) is 6. The molecular formula is C19H29N3O6S. The number of methoxy groups -OCH3 is 1. The molecule has 1 aliphatic heterocycles. The zero-order chi connectivity index (χ0) is 21.6. The third kappa shape index (κ3) is 5.75. The van der Waals surface area contributed by atoms with Crippen LogP contribution in [0.2, 0.25) is 0 Å². The number of carbonyl (C=O) groups excluding carboxylic acids is 2. The molecule has 1 aromatic carbocycles. The summed E-state index contributed by atoms with van der Waals surface area (Å²) >= 11 is 0. The third-order valence-electron chi connectivity index (χ3n) is 4.56. The topological polar surface area (TPSA) is 114 Å². The van der Waals surface area contributed by atoms with Crippen LogP contribution in [0.5, 0.6) is 0 Å². The quantitative estimate of drug-likeness (QED) is 0.476. The number of rotatable bonds is 7. The van der Waals surface area contributed by atoms with Crippen molar-refractivity contribution >= 4 is 21.8 Å². The van der Waals surface area contributed by atoms with Gasteiger partial charge in [-0.1, -0.05) is 17.7 Å². The number of amides is 2. The molecule has 9 nitrogen and oxygen atoms in total. The van der Waals surface area contributed by atoms with Crippen molar-refractivity contribution in [2.45, 2.75) is 38.3 Å². The minimum atomic E-state index is -3.84. The van der Waals surface area contributed by atoms with E-state index in [-0.39, 0.29) is 31.1 Å². The van der Waals surface area contributed by atoms with Crippen LogP contribution in [-0.2, 0) is 29.1 Å². The molecule has 162 valence electrons. The number of sulfonamides is 1. The Hall–Kier alpha value is -2.01. The molecule has 2 rings (SSSR count). The Morgan fingerprint density at radius 2 is 1.79 bits per heavy atom. The maximum absolute atomic E-state index is 13.3. The summed E-state index contributed by atoms with van der Waals surface area (Å²) in [4.78, 5) is 24.0. The highest BCUT2D eigenvalue weighted by Crippen LogP contribution is 2.28. The zero-order valence-corrected chi connectivity index (χ0v) is 18.1. The van der Waals surface area contributed by atoms with Gasteiger partial charge >= 0.3 is 11.8 Å². The predicted molar refractivity (Wildman–Crippen MR) is 107 cm³/mol. The van der Waals surface area contributed by atoms with E-state index in [1.165, 1.54) is 11.4 Å². The summed E-state index contributed by atoms with van der Waals surface area (Å²) in [5.41, 5.74) is 2.30. The van der Waals surface area contributed by atoms with Crippen LogP contribution in [0.4, 0.5) is 0 Å². The molecule has 0 bridgehead atoms. The highest BCUT2D eigenvalue weighted by atomic mass is 32.2. The molecule has 1 fully saturated rings. The van der Waals surface area contributed by atoms with Crippen LogP contribution in [0.3, 0.4) is 0 Å². The van der Waals surface area contributed by atoms with E-state index in [0.29, 0.717) is 24.2 Å². The van der Waals surface area contributed by atoms with Crippen molar-refractivity contribution in [2.24, 2.45) is 0 Å². The molecule has 0 aromatic heterocycles. The lowest BCUT2D eigenvalue weighted by Crippen LogP contribution is -2.53. The number of nitrogens with zero attached hydrogens (tertiary/aromatic N) is 1. The number of aryl methyl sites for hydroxylation is 3. The first-order chi connectivity index (χ1) is 13.7. The Balaban J connectivity index is 2.13. The second kappa shape index (κ2) is 10.1. The summed E-state index contributed by atoms with van der Waals surface area (Å²) in [6.07, 6.45) is -0.338. The summed E-state index contributed by atoms with van der Waals surface area (Å²) < 4.78 is 38.4. The van der Waals surface area contributed by atoms with E-state index in [1.54, 1.807) is 13.8 Å². The van der Waals surface area contributed by atoms with Crippen LogP contribution in [0.1, 0.15) is 23.1 Å². The van der Waals surface area contributed by atoms with E-state index in [1.807, 2.05) is 19.1 Å². The summed E-state index contributed by atoms with van der Waals surface area (Å²) in [6.45, 7) is 6.45. The zero-order valence-electron chi connectivity index (χ0n) is 17.3. The Morgan fingerprint density at radius 1 is 1.17 bits per heavy atom. The predicted octanol–water partition coefficient (Wildman–Crippen LogP) is 0.228. The highest BCUT2D eigenvalue weighted by molar-refractivity contribution is 7.89. The molecule has 2 N–H and O–H groups in total. The Kier molecular flexibility index (Phi) is 8.14. The summed E-state index contributed by atoms with van der Waals surface area (Å²) in [6, 6.07) is 3.65. The average molecular weight is 428 g/mol. The van der Waals surface area contributed by atoms with Gasteiger partial charge < -0.3 is 20.1 Å². The number of benzene rings is 1. The van der Waals surface area contributed by atoms with Crippen molar-refractivity contribution in [1.82, 2.24) is 14.9 Å².